The summed E-state index contributed by atoms with van der Waals surface area (Å²) in [6.45, 7) is 3.46. The highest BCUT2D eigenvalue weighted by atomic mass is 32.1. The minimum Gasteiger partial charge on any atom is -0.319 e. The largest absolute Gasteiger partial charge is 0.319 e. The Labute approximate surface area is 110 Å². The molecule has 17 heavy (non-hydrogen) atoms. The Morgan fingerprint density at radius 1 is 1.18 bits per heavy atom. The summed E-state index contributed by atoms with van der Waals surface area (Å²) < 4.78 is 0. The molecule has 0 spiro atoms. The van der Waals surface area contributed by atoms with Crippen LogP contribution < -0.4 is 5.32 Å². The molecular weight excluding hydrogens is 226 g/mol. The molecule has 1 nitrogen and oxygen atoms in total. The van der Waals surface area contributed by atoms with E-state index in [0.717, 1.165) is 11.8 Å². The molecule has 96 valence electrons. The molecule has 0 amide bonds. The van der Waals surface area contributed by atoms with E-state index in [4.69, 9.17) is 0 Å². The van der Waals surface area contributed by atoms with Gasteiger partial charge in [-0.1, -0.05) is 19.8 Å². The first-order valence-corrected chi connectivity index (χ1v) is 7.87. The van der Waals surface area contributed by atoms with E-state index in [-0.39, 0.29) is 0 Å². The van der Waals surface area contributed by atoms with Gasteiger partial charge in [-0.15, -0.1) is 11.3 Å². The summed E-state index contributed by atoms with van der Waals surface area (Å²) in [6.07, 6.45) is 8.25. The molecule has 0 saturated heterocycles. The van der Waals surface area contributed by atoms with E-state index in [1.807, 2.05) is 11.3 Å². The molecule has 1 N–H and O–H groups in total. The summed E-state index contributed by atoms with van der Waals surface area (Å²) in [4.78, 5) is 3.15. The molecule has 1 aromatic heterocycles. The number of rotatable bonds is 5. The van der Waals surface area contributed by atoms with Crippen LogP contribution in [-0.2, 0) is 12.8 Å². The third-order valence-corrected chi connectivity index (χ3v) is 5.31. The van der Waals surface area contributed by atoms with Crippen molar-refractivity contribution in [3.63, 3.8) is 0 Å². The van der Waals surface area contributed by atoms with E-state index in [1.165, 1.54) is 45.1 Å². The van der Waals surface area contributed by atoms with Gasteiger partial charge in [0.05, 0.1) is 0 Å². The Kier molecular flexibility index (Phi) is 5.05. The van der Waals surface area contributed by atoms with Gasteiger partial charge in [0.1, 0.15) is 0 Å². The van der Waals surface area contributed by atoms with Crippen LogP contribution in [-0.4, -0.2) is 13.6 Å². The van der Waals surface area contributed by atoms with Gasteiger partial charge in [-0.25, -0.2) is 0 Å². The van der Waals surface area contributed by atoms with Gasteiger partial charge in [-0.2, -0.15) is 0 Å². The molecule has 1 aliphatic rings. The van der Waals surface area contributed by atoms with E-state index in [9.17, 15) is 0 Å². The lowest BCUT2D eigenvalue weighted by molar-refractivity contribution is 0.233. The van der Waals surface area contributed by atoms with Gasteiger partial charge in [0, 0.05) is 9.75 Å². The fourth-order valence-corrected chi connectivity index (χ4v) is 4.12. The van der Waals surface area contributed by atoms with Crippen LogP contribution in [0.1, 0.15) is 42.4 Å². The Morgan fingerprint density at radius 3 is 2.53 bits per heavy atom. The SMILES string of the molecule is CCc1ccc(CC2CCCCC2CNC)s1. The monoisotopic (exact) mass is 251 g/mol. The molecule has 1 fully saturated rings. The van der Waals surface area contributed by atoms with Crippen LogP contribution in [0.5, 0.6) is 0 Å². The Bertz CT molecular complexity index is 329. The molecular formula is C15H25NS. The van der Waals surface area contributed by atoms with E-state index >= 15 is 0 Å². The lowest BCUT2D eigenvalue weighted by Gasteiger charge is -2.31. The Morgan fingerprint density at radius 2 is 1.88 bits per heavy atom. The second-order valence-corrected chi connectivity index (χ2v) is 6.54. The third-order valence-electron chi connectivity index (χ3n) is 4.06. The average molecular weight is 251 g/mol. The zero-order valence-electron chi connectivity index (χ0n) is 11.2. The van der Waals surface area contributed by atoms with Crippen molar-refractivity contribution in [1.29, 1.82) is 0 Å². The van der Waals surface area contributed by atoms with Crippen molar-refractivity contribution in [2.24, 2.45) is 11.8 Å². The van der Waals surface area contributed by atoms with Crippen molar-refractivity contribution >= 4 is 11.3 Å². The van der Waals surface area contributed by atoms with Crippen molar-refractivity contribution in [2.75, 3.05) is 13.6 Å². The quantitative estimate of drug-likeness (QED) is 0.837. The van der Waals surface area contributed by atoms with Crippen LogP contribution in [0.25, 0.3) is 0 Å². The van der Waals surface area contributed by atoms with Crippen LogP contribution in [0.2, 0.25) is 0 Å². The number of hydrogen-bond donors (Lipinski definition) is 1. The van der Waals surface area contributed by atoms with Crippen molar-refractivity contribution < 1.29 is 0 Å². The molecule has 0 radical (unpaired) electrons. The van der Waals surface area contributed by atoms with Gasteiger partial charge in [-0.3, -0.25) is 0 Å². The average Bonchev–Trinajstić information content (AvgIpc) is 2.80. The van der Waals surface area contributed by atoms with Crippen LogP contribution >= 0.6 is 11.3 Å². The molecule has 1 saturated carbocycles. The lowest BCUT2D eigenvalue weighted by atomic mass is 9.77. The summed E-state index contributed by atoms with van der Waals surface area (Å²) >= 11 is 2.03. The first-order valence-electron chi connectivity index (χ1n) is 7.05. The van der Waals surface area contributed by atoms with Crippen LogP contribution in [0, 0.1) is 11.8 Å². The standard InChI is InChI=1S/C15H25NS/c1-3-14-8-9-15(17-14)10-12-6-4-5-7-13(12)11-16-2/h8-9,12-13,16H,3-7,10-11H2,1-2H3. The molecule has 2 atom stereocenters. The summed E-state index contributed by atoms with van der Waals surface area (Å²) in [7, 11) is 2.09. The zero-order chi connectivity index (χ0) is 12.1. The van der Waals surface area contributed by atoms with Crippen LogP contribution in [0.4, 0.5) is 0 Å². The first kappa shape index (κ1) is 13.1. The number of aryl methyl sites for hydroxylation is 1. The van der Waals surface area contributed by atoms with Crippen LogP contribution in [0.3, 0.4) is 0 Å². The van der Waals surface area contributed by atoms with Gasteiger partial charge in [0.15, 0.2) is 0 Å². The minimum absolute atomic E-state index is 0.904. The van der Waals surface area contributed by atoms with Gasteiger partial charge in [0.2, 0.25) is 0 Å². The highest BCUT2D eigenvalue weighted by Gasteiger charge is 2.24. The normalized spacial score (nSPS) is 25.1. The second kappa shape index (κ2) is 6.55. The molecule has 1 aromatic rings. The zero-order valence-corrected chi connectivity index (χ0v) is 12.0. The fraction of sp³-hybridized carbons (Fsp3) is 0.733. The first-order chi connectivity index (χ1) is 8.33. The molecule has 0 bridgehead atoms. The van der Waals surface area contributed by atoms with E-state index in [1.54, 1.807) is 9.75 Å². The molecule has 2 heteroatoms. The number of nitrogens with one attached hydrogen (secondary N) is 1. The van der Waals surface area contributed by atoms with E-state index in [0.29, 0.717) is 0 Å². The Balaban J connectivity index is 1.95. The molecule has 0 aliphatic heterocycles. The maximum absolute atomic E-state index is 3.37. The molecule has 1 heterocycles. The molecule has 0 aromatic carbocycles. The smallest absolute Gasteiger partial charge is 0.00510 e. The summed E-state index contributed by atoms with van der Waals surface area (Å²) in [5, 5.41) is 3.37. The van der Waals surface area contributed by atoms with Crippen molar-refractivity contribution in [3.05, 3.63) is 21.9 Å². The van der Waals surface area contributed by atoms with Gasteiger partial charge in [0.25, 0.3) is 0 Å². The van der Waals surface area contributed by atoms with E-state index < -0.39 is 0 Å². The van der Waals surface area contributed by atoms with Gasteiger partial charge < -0.3 is 5.32 Å². The number of thiophene rings is 1. The van der Waals surface area contributed by atoms with Crippen LogP contribution in [0.15, 0.2) is 12.1 Å². The topological polar surface area (TPSA) is 12.0 Å². The van der Waals surface area contributed by atoms with Gasteiger partial charge in [-0.05, 0) is 63.2 Å². The predicted octanol–water partition coefficient (Wildman–Crippen LogP) is 3.88. The second-order valence-electron chi connectivity index (χ2n) is 5.29. The highest BCUT2D eigenvalue weighted by molar-refractivity contribution is 7.11. The third kappa shape index (κ3) is 3.56. The van der Waals surface area contributed by atoms with Gasteiger partial charge >= 0.3 is 0 Å². The summed E-state index contributed by atoms with van der Waals surface area (Å²) in [5.74, 6) is 1.82. The molecule has 1 aliphatic carbocycles. The maximum Gasteiger partial charge on any atom is 0.00510 e. The molecule has 2 rings (SSSR count). The van der Waals surface area contributed by atoms with Crippen molar-refractivity contribution in [1.82, 2.24) is 5.32 Å². The lowest BCUT2D eigenvalue weighted by Crippen LogP contribution is -2.29. The predicted molar refractivity (Wildman–Crippen MR) is 76.8 cm³/mol. The maximum atomic E-state index is 3.37. The summed E-state index contributed by atoms with van der Waals surface area (Å²) in [5.41, 5.74) is 0. The molecule has 2 unspecified atom stereocenters. The minimum atomic E-state index is 0.904. The van der Waals surface area contributed by atoms with Crippen molar-refractivity contribution in [3.8, 4) is 0 Å². The highest BCUT2D eigenvalue weighted by Crippen LogP contribution is 2.33. The van der Waals surface area contributed by atoms with Crippen molar-refractivity contribution in [2.45, 2.75) is 45.4 Å². The number of hydrogen-bond acceptors (Lipinski definition) is 2. The Hall–Kier alpha value is -0.340. The fourth-order valence-electron chi connectivity index (χ4n) is 3.06. The van der Waals surface area contributed by atoms with E-state index in [2.05, 4.69) is 31.4 Å². The summed E-state index contributed by atoms with van der Waals surface area (Å²) in [6, 6.07) is 4.67.